The molecule has 88 heavy (non-hydrogen) atoms. The van der Waals surface area contributed by atoms with Crippen molar-refractivity contribution in [2.24, 2.45) is 0 Å². The van der Waals surface area contributed by atoms with E-state index in [2.05, 4.69) is 328 Å². The molecule has 0 fully saturated rings. The molecule has 0 aliphatic rings. The first-order valence-corrected chi connectivity index (χ1v) is 29.9. The molecule has 0 aliphatic carbocycles. The second-order valence-electron chi connectivity index (χ2n) is 22.8. The van der Waals surface area contributed by atoms with Crippen LogP contribution in [0.2, 0.25) is 0 Å². The average molecular weight is 1120 g/mol. The molecule has 5 aromatic heterocycles. The van der Waals surface area contributed by atoms with Gasteiger partial charge in [-0.05, 0) is 136 Å². The third-order valence-electron chi connectivity index (χ3n) is 17.9. The van der Waals surface area contributed by atoms with Crippen LogP contribution in [0.3, 0.4) is 0 Å². The first kappa shape index (κ1) is 49.5. The van der Waals surface area contributed by atoms with Gasteiger partial charge in [-0.25, -0.2) is 0 Å². The van der Waals surface area contributed by atoms with Gasteiger partial charge in [-0.2, -0.15) is 15.0 Å². The van der Waals surface area contributed by atoms with Gasteiger partial charge < -0.3 is 9.13 Å². The molecule has 0 saturated heterocycles. The maximum absolute atomic E-state index is 5.67. The topological polar surface area (TPSA) is 58.4 Å². The summed E-state index contributed by atoms with van der Waals surface area (Å²) in [5.74, 6) is 1.59. The molecular weight excluding hydrogens is 1070 g/mol. The van der Waals surface area contributed by atoms with E-state index in [0.717, 1.165) is 116 Å². The monoisotopic (exact) mass is 1120 g/mol. The summed E-state index contributed by atoms with van der Waals surface area (Å²) >= 11 is 0. The van der Waals surface area contributed by atoms with Crippen LogP contribution in [0.4, 0.5) is 0 Å². The van der Waals surface area contributed by atoms with E-state index in [1.807, 2.05) is 0 Å². The van der Waals surface area contributed by atoms with Crippen LogP contribution in [0.15, 0.2) is 309 Å². The molecule has 18 rings (SSSR count). The summed E-state index contributed by atoms with van der Waals surface area (Å²) in [4.78, 5) is 17.0. The largest absolute Gasteiger partial charge is 0.309 e. The van der Waals surface area contributed by atoms with E-state index < -0.39 is 0 Å². The molecule has 7 nitrogen and oxygen atoms in total. The number of hydrogen-bond donors (Lipinski definition) is 0. The lowest BCUT2D eigenvalue weighted by molar-refractivity contribution is 0.893. The van der Waals surface area contributed by atoms with E-state index in [9.17, 15) is 0 Å². The molecule has 5 heterocycles. The van der Waals surface area contributed by atoms with Crippen molar-refractivity contribution in [1.82, 2.24) is 33.2 Å². The fourth-order valence-corrected chi connectivity index (χ4v) is 13.8. The first-order valence-electron chi connectivity index (χ1n) is 29.9. The van der Waals surface area contributed by atoms with Crippen LogP contribution < -0.4 is 0 Å². The molecule has 7 heteroatoms. The lowest BCUT2D eigenvalue weighted by Gasteiger charge is -2.16. The lowest BCUT2D eigenvalue weighted by Crippen LogP contribution is -2.10. The summed E-state index contributed by atoms with van der Waals surface area (Å²) in [5.41, 5.74) is 20.6. The number of fused-ring (bicyclic) bond motifs is 12. The van der Waals surface area contributed by atoms with Crippen molar-refractivity contribution in [1.29, 1.82) is 0 Å². The van der Waals surface area contributed by atoms with Crippen molar-refractivity contribution in [2.45, 2.75) is 0 Å². The summed E-state index contributed by atoms with van der Waals surface area (Å²) < 4.78 is 9.24. The highest BCUT2D eigenvalue weighted by Gasteiger charge is 2.24. The highest BCUT2D eigenvalue weighted by Crippen LogP contribution is 2.43. The average Bonchev–Trinajstić information content (AvgIpc) is 1.71. The molecule has 0 N–H and O–H groups in total. The Kier molecular flexibility index (Phi) is 11.2. The first-order chi connectivity index (χ1) is 43.6. The predicted molar refractivity (Wildman–Crippen MR) is 364 cm³/mol. The van der Waals surface area contributed by atoms with Crippen LogP contribution in [-0.2, 0) is 0 Å². The standard InChI is InChI=1S/C81H51N7/c1-5-21-52(22-6-1)54-37-42-61(53-23-7-2-8-24-53)70(49-54)79-82-80(87-73-35-19-15-31-64(73)68-47-55(40-45-75(68)87)57-38-43-66-62-29-13-17-33-71(62)85(77(66)50-57)59-25-9-3-10-26-59)84-81(83-79)88-74-36-20-16-32-65(74)69-48-56(41-46-76(69)88)58-39-44-67-63-30-14-18-34-72(63)86(78(67)51-58)60-27-11-4-12-28-60/h1-51H. The van der Waals surface area contributed by atoms with Gasteiger partial charge in [0.1, 0.15) is 0 Å². The maximum atomic E-state index is 5.67. The second-order valence-corrected chi connectivity index (χ2v) is 22.8. The summed E-state index contributed by atoms with van der Waals surface area (Å²) in [6.07, 6.45) is 0. The number of para-hydroxylation sites is 6. The normalized spacial score (nSPS) is 11.9. The quantitative estimate of drug-likeness (QED) is 0.145. The Morgan fingerprint density at radius 2 is 0.511 bits per heavy atom. The van der Waals surface area contributed by atoms with Crippen molar-refractivity contribution in [3.63, 3.8) is 0 Å². The Labute approximate surface area is 506 Å². The molecule has 410 valence electrons. The third-order valence-corrected chi connectivity index (χ3v) is 17.9. The smallest absolute Gasteiger partial charge is 0.240 e. The zero-order chi connectivity index (χ0) is 57.8. The number of nitrogens with zero attached hydrogens (tertiary/aromatic N) is 7. The van der Waals surface area contributed by atoms with Crippen LogP contribution in [0.1, 0.15) is 0 Å². The van der Waals surface area contributed by atoms with Gasteiger partial charge in [0.2, 0.25) is 11.9 Å². The minimum Gasteiger partial charge on any atom is -0.309 e. The van der Waals surface area contributed by atoms with Crippen molar-refractivity contribution in [3.8, 4) is 79.2 Å². The highest BCUT2D eigenvalue weighted by atomic mass is 15.3. The number of rotatable bonds is 9. The zero-order valence-corrected chi connectivity index (χ0v) is 47.6. The van der Waals surface area contributed by atoms with E-state index in [1.165, 1.54) is 32.6 Å². The molecule has 0 saturated carbocycles. The maximum Gasteiger partial charge on any atom is 0.240 e. The molecule has 0 radical (unpaired) electrons. The van der Waals surface area contributed by atoms with E-state index in [4.69, 9.17) is 15.0 Å². The van der Waals surface area contributed by atoms with Gasteiger partial charge >= 0.3 is 0 Å². The molecule has 0 amide bonds. The SMILES string of the molecule is c1ccc(-c2ccc(-c3ccccc3)c(-c3nc(-n4c5ccccc5c5cc(-c6ccc7c8ccccc8n(-c8ccccc8)c7c6)ccc54)nc(-n4c5ccccc5c5cc(-c6ccc7c8ccccc8n(-c8ccccc8)c7c6)ccc54)n3)c2)cc1. The fourth-order valence-electron chi connectivity index (χ4n) is 13.8. The molecular formula is C81H51N7. The van der Waals surface area contributed by atoms with E-state index in [1.54, 1.807) is 0 Å². The number of benzene rings is 13. The molecule has 0 spiro atoms. The van der Waals surface area contributed by atoms with E-state index >= 15 is 0 Å². The van der Waals surface area contributed by atoms with Gasteiger partial charge in [-0.1, -0.05) is 218 Å². The van der Waals surface area contributed by atoms with Gasteiger partial charge in [-0.15, -0.1) is 0 Å². The molecule has 13 aromatic carbocycles. The molecule has 18 aromatic rings. The van der Waals surface area contributed by atoms with Gasteiger partial charge in [0.05, 0.1) is 44.1 Å². The molecule has 0 atom stereocenters. The van der Waals surface area contributed by atoms with Crippen LogP contribution in [-0.4, -0.2) is 33.2 Å². The van der Waals surface area contributed by atoms with Crippen LogP contribution in [0.25, 0.3) is 166 Å². The predicted octanol–water partition coefficient (Wildman–Crippen LogP) is 20.6. The van der Waals surface area contributed by atoms with Gasteiger partial charge in [-0.3, -0.25) is 9.13 Å². The summed E-state index contributed by atoms with van der Waals surface area (Å²) in [6.45, 7) is 0. The minimum atomic E-state index is 0.515. The Morgan fingerprint density at radius 1 is 0.182 bits per heavy atom. The Balaban J connectivity index is 0.857. The lowest BCUT2D eigenvalue weighted by atomic mass is 9.94. The molecule has 0 bridgehead atoms. The van der Waals surface area contributed by atoms with E-state index in [-0.39, 0.29) is 0 Å². The van der Waals surface area contributed by atoms with Gasteiger partial charge in [0.25, 0.3) is 0 Å². The van der Waals surface area contributed by atoms with E-state index in [0.29, 0.717) is 17.7 Å². The van der Waals surface area contributed by atoms with Crippen LogP contribution >= 0.6 is 0 Å². The van der Waals surface area contributed by atoms with Crippen molar-refractivity contribution in [2.75, 3.05) is 0 Å². The Bertz CT molecular complexity index is 5500. The second kappa shape index (κ2) is 19.8. The number of hydrogen-bond acceptors (Lipinski definition) is 3. The highest BCUT2D eigenvalue weighted by molar-refractivity contribution is 6.14. The summed E-state index contributed by atoms with van der Waals surface area (Å²) in [6, 6.07) is 111. The van der Waals surface area contributed by atoms with Gasteiger partial charge in [0.15, 0.2) is 5.82 Å². The summed E-state index contributed by atoms with van der Waals surface area (Å²) in [7, 11) is 0. The van der Waals surface area contributed by atoms with Crippen LogP contribution in [0, 0.1) is 0 Å². The van der Waals surface area contributed by atoms with Crippen LogP contribution in [0.5, 0.6) is 0 Å². The zero-order valence-electron chi connectivity index (χ0n) is 47.6. The van der Waals surface area contributed by atoms with Crippen molar-refractivity contribution >= 4 is 87.2 Å². The fraction of sp³-hybridized carbons (Fsp3) is 0. The minimum absolute atomic E-state index is 0.515. The molecule has 0 aliphatic heterocycles. The van der Waals surface area contributed by atoms with Crippen molar-refractivity contribution in [3.05, 3.63) is 309 Å². The Morgan fingerprint density at radius 3 is 0.977 bits per heavy atom. The third kappa shape index (κ3) is 7.81. The van der Waals surface area contributed by atoms with Gasteiger partial charge in [0, 0.05) is 60.0 Å². The summed E-state index contributed by atoms with van der Waals surface area (Å²) in [5, 5.41) is 9.30. The number of aromatic nitrogens is 7. The molecule has 0 unspecified atom stereocenters. The Hall–Kier alpha value is -11.9. The van der Waals surface area contributed by atoms with Crippen molar-refractivity contribution < 1.29 is 0 Å².